The van der Waals surface area contributed by atoms with E-state index in [1.807, 2.05) is 51.1 Å². The molecule has 1 fully saturated rings. The van der Waals surface area contributed by atoms with Gasteiger partial charge in [0, 0.05) is 6.04 Å². The van der Waals surface area contributed by atoms with Gasteiger partial charge in [-0.3, -0.25) is 5.32 Å². The van der Waals surface area contributed by atoms with Gasteiger partial charge in [-0.15, -0.1) is 0 Å². The molecule has 0 bridgehead atoms. The van der Waals surface area contributed by atoms with Crippen molar-refractivity contribution >= 4 is 5.97 Å². The highest BCUT2D eigenvalue weighted by Gasteiger charge is 2.45. The number of carboxylic acid groups (broad SMARTS) is 1. The Bertz CT molecular complexity index is 482. The van der Waals surface area contributed by atoms with E-state index in [2.05, 4.69) is 5.32 Å². The minimum Gasteiger partial charge on any atom is -0.480 e. The zero-order valence-electron chi connectivity index (χ0n) is 13.1. The van der Waals surface area contributed by atoms with Crippen molar-refractivity contribution in [2.75, 3.05) is 6.61 Å². The molecule has 2 N–H and O–H groups in total. The summed E-state index contributed by atoms with van der Waals surface area (Å²) in [6, 6.07) is 9.61. The minimum atomic E-state index is -1.17. The molecular weight excluding hydrogens is 266 g/mol. The monoisotopic (exact) mass is 291 g/mol. The largest absolute Gasteiger partial charge is 0.480 e. The number of hydrogen-bond acceptors (Lipinski definition) is 3. The van der Waals surface area contributed by atoms with Crippen LogP contribution < -0.4 is 5.32 Å². The van der Waals surface area contributed by atoms with Gasteiger partial charge in [-0.2, -0.15) is 0 Å². The number of carbonyl (C=O) groups is 1. The van der Waals surface area contributed by atoms with E-state index in [4.69, 9.17) is 4.74 Å². The fourth-order valence-corrected chi connectivity index (χ4v) is 2.16. The molecule has 0 aromatic heterocycles. The summed E-state index contributed by atoms with van der Waals surface area (Å²) in [5, 5.41) is 13.2. The predicted molar refractivity (Wildman–Crippen MR) is 82.2 cm³/mol. The van der Waals surface area contributed by atoms with Crippen LogP contribution in [-0.4, -0.2) is 29.3 Å². The first-order chi connectivity index (χ1) is 9.89. The lowest BCUT2D eigenvalue weighted by Crippen LogP contribution is -2.54. The number of ether oxygens (including phenoxy) is 1. The number of rotatable bonds is 8. The Hall–Kier alpha value is -1.39. The van der Waals surface area contributed by atoms with Gasteiger partial charge in [0.1, 0.15) is 0 Å². The summed E-state index contributed by atoms with van der Waals surface area (Å²) in [6.45, 7) is 6.15. The molecule has 0 aliphatic heterocycles. The molecule has 0 saturated heterocycles. The van der Waals surface area contributed by atoms with Crippen LogP contribution in [0.25, 0.3) is 0 Å². The summed E-state index contributed by atoms with van der Waals surface area (Å²) >= 11 is 0. The maximum atomic E-state index is 12.0. The Labute approximate surface area is 126 Å². The Balaban J connectivity index is 2.29. The summed E-state index contributed by atoms with van der Waals surface area (Å²) in [7, 11) is 0. The third-order valence-electron chi connectivity index (χ3n) is 4.19. The van der Waals surface area contributed by atoms with Gasteiger partial charge >= 0.3 is 5.97 Å². The van der Waals surface area contributed by atoms with Crippen LogP contribution >= 0.6 is 0 Å². The smallest absolute Gasteiger partial charge is 0.331 e. The molecule has 2 rings (SSSR count). The number of carboxylic acids is 1. The van der Waals surface area contributed by atoms with E-state index in [0.29, 0.717) is 0 Å². The van der Waals surface area contributed by atoms with E-state index in [9.17, 15) is 9.90 Å². The van der Waals surface area contributed by atoms with Crippen LogP contribution in [0.5, 0.6) is 0 Å². The van der Waals surface area contributed by atoms with Crippen molar-refractivity contribution in [3.63, 3.8) is 0 Å². The van der Waals surface area contributed by atoms with Gasteiger partial charge in [0.25, 0.3) is 0 Å². The molecule has 4 heteroatoms. The predicted octanol–water partition coefficient (Wildman–Crippen LogP) is 2.92. The van der Waals surface area contributed by atoms with Gasteiger partial charge in [0.15, 0.2) is 5.54 Å². The molecule has 0 spiro atoms. The molecule has 0 radical (unpaired) electrons. The quantitative estimate of drug-likeness (QED) is 0.773. The summed E-state index contributed by atoms with van der Waals surface area (Å²) < 4.78 is 5.95. The fraction of sp³-hybridized carbons (Fsp3) is 0.588. The van der Waals surface area contributed by atoms with Gasteiger partial charge in [0.05, 0.1) is 12.2 Å². The van der Waals surface area contributed by atoms with Crippen molar-refractivity contribution in [1.29, 1.82) is 0 Å². The van der Waals surface area contributed by atoms with Gasteiger partial charge in [-0.1, -0.05) is 37.3 Å². The van der Waals surface area contributed by atoms with Crippen LogP contribution in [0.15, 0.2) is 30.3 Å². The average molecular weight is 291 g/mol. The fourth-order valence-electron chi connectivity index (χ4n) is 2.16. The summed E-state index contributed by atoms with van der Waals surface area (Å²) in [4.78, 5) is 12.0. The second kappa shape index (κ2) is 6.16. The maximum absolute atomic E-state index is 12.0. The van der Waals surface area contributed by atoms with E-state index in [-0.39, 0.29) is 18.2 Å². The lowest BCUT2D eigenvalue weighted by atomic mass is 9.90. The molecule has 1 saturated carbocycles. The second-order valence-electron chi connectivity index (χ2n) is 6.40. The van der Waals surface area contributed by atoms with E-state index in [0.717, 1.165) is 24.8 Å². The number of aliphatic carboxylic acids is 1. The highest BCUT2D eigenvalue weighted by Crippen LogP contribution is 2.31. The molecule has 1 atom stereocenters. The minimum absolute atomic E-state index is 0.129. The Kier molecular flexibility index (Phi) is 4.69. The number of nitrogens with one attached hydrogen (secondary N) is 1. The van der Waals surface area contributed by atoms with Crippen LogP contribution in [0.1, 0.15) is 45.6 Å². The summed E-state index contributed by atoms with van der Waals surface area (Å²) in [5.74, 6) is -0.882. The van der Waals surface area contributed by atoms with E-state index < -0.39 is 11.5 Å². The van der Waals surface area contributed by atoms with Gasteiger partial charge in [-0.05, 0) is 38.7 Å². The number of benzene rings is 1. The number of hydrogen-bond donors (Lipinski definition) is 2. The standard InChI is InChI=1S/C17H25NO3/c1-4-16(2,3)21-12-17(15(19)20,18-14-10-11-14)13-8-6-5-7-9-13/h5-9,14,18H,4,10-12H2,1-3H3,(H,19,20). The van der Waals surface area contributed by atoms with Crippen molar-refractivity contribution in [2.45, 2.75) is 57.2 Å². The van der Waals surface area contributed by atoms with Crippen molar-refractivity contribution in [3.05, 3.63) is 35.9 Å². The lowest BCUT2D eigenvalue weighted by Gasteiger charge is -2.35. The van der Waals surface area contributed by atoms with E-state index in [1.165, 1.54) is 0 Å². The summed E-state index contributed by atoms with van der Waals surface area (Å²) in [6.07, 6.45) is 2.89. The highest BCUT2D eigenvalue weighted by molar-refractivity contribution is 5.81. The van der Waals surface area contributed by atoms with Crippen LogP contribution in [0.4, 0.5) is 0 Å². The van der Waals surface area contributed by atoms with Crippen molar-refractivity contribution in [3.8, 4) is 0 Å². The van der Waals surface area contributed by atoms with Crippen LogP contribution in [0.2, 0.25) is 0 Å². The molecule has 1 unspecified atom stereocenters. The Morgan fingerprint density at radius 1 is 1.33 bits per heavy atom. The Morgan fingerprint density at radius 2 is 1.95 bits per heavy atom. The average Bonchev–Trinajstić information content (AvgIpc) is 3.28. The van der Waals surface area contributed by atoms with E-state index in [1.54, 1.807) is 0 Å². The molecule has 1 aliphatic carbocycles. The molecule has 4 nitrogen and oxygen atoms in total. The first-order valence-electron chi connectivity index (χ1n) is 7.60. The van der Waals surface area contributed by atoms with Gasteiger partial charge < -0.3 is 9.84 Å². The molecule has 21 heavy (non-hydrogen) atoms. The first kappa shape index (κ1) is 16.0. The normalized spacial score (nSPS) is 18.2. The Morgan fingerprint density at radius 3 is 2.43 bits per heavy atom. The van der Waals surface area contributed by atoms with Crippen LogP contribution in [0.3, 0.4) is 0 Å². The van der Waals surface area contributed by atoms with Gasteiger partial charge in [-0.25, -0.2) is 4.79 Å². The zero-order chi connectivity index (χ0) is 15.5. The molecule has 0 amide bonds. The zero-order valence-corrected chi connectivity index (χ0v) is 13.1. The van der Waals surface area contributed by atoms with Crippen LogP contribution in [0, 0.1) is 0 Å². The SMILES string of the molecule is CCC(C)(C)OCC(NC1CC1)(C(=O)O)c1ccccc1. The second-order valence-corrected chi connectivity index (χ2v) is 6.40. The van der Waals surface area contributed by atoms with Crippen molar-refractivity contribution < 1.29 is 14.6 Å². The molecular formula is C17H25NO3. The lowest BCUT2D eigenvalue weighted by molar-refractivity contribution is -0.152. The third-order valence-corrected chi connectivity index (χ3v) is 4.19. The van der Waals surface area contributed by atoms with Crippen molar-refractivity contribution in [2.24, 2.45) is 0 Å². The van der Waals surface area contributed by atoms with Crippen molar-refractivity contribution in [1.82, 2.24) is 5.32 Å². The molecule has 0 heterocycles. The maximum Gasteiger partial charge on any atom is 0.331 e. The highest BCUT2D eigenvalue weighted by atomic mass is 16.5. The van der Waals surface area contributed by atoms with Crippen LogP contribution in [-0.2, 0) is 15.1 Å². The summed E-state index contributed by atoms with van der Waals surface area (Å²) in [5.41, 5.74) is -0.758. The molecule has 1 aromatic rings. The van der Waals surface area contributed by atoms with Gasteiger partial charge in [0.2, 0.25) is 0 Å². The molecule has 116 valence electrons. The molecule has 1 aliphatic rings. The topological polar surface area (TPSA) is 58.6 Å². The molecule has 1 aromatic carbocycles. The van der Waals surface area contributed by atoms with E-state index >= 15 is 0 Å². The first-order valence-corrected chi connectivity index (χ1v) is 7.60. The third kappa shape index (κ3) is 3.83.